The normalized spacial score (nSPS) is 14.9. The number of likely N-dealkylation sites (tertiary alicyclic amines) is 1. The van der Waals surface area contributed by atoms with Crippen LogP contribution >= 0.6 is 0 Å². The highest BCUT2D eigenvalue weighted by atomic mass is 16.7. The van der Waals surface area contributed by atoms with Crippen molar-refractivity contribution in [3.8, 4) is 0 Å². The number of furan rings is 1. The van der Waals surface area contributed by atoms with Crippen molar-refractivity contribution < 1.29 is 23.7 Å². The van der Waals surface area contributed by atoms with E-state index in [2.05, 4.69) is 4.42 Å². The molecule has 0 aliphatic carbocycles. The molecule has 1 amide bonds. The molecule has 108 valence electrons. The minimum atomic E-state index is -0.886. The summed E-state index contributed by atoms with van der Waals surface area (Å²) in [4.78, 5) is 34.6. The Morgan fingerprint density at radius 1 is 1.30 bits per heavy atom. The third-order valence-corrected chi connectivity index (χ3v) is 3.01. The number of nitro groups is 1. The molecule has 0 unspecified atom stereocenters. The molecule has 0 aromatic carbocycles. The molecule has 1 fully saturated rings. The minimum Gasteiger partial charge on any atom is -0.450 e. The molecular weight excluding hydrogens is 268 g/mol. The average molecular weight is 282 g/mol. The van der Waals surface area contributed by atoms with Crippen LogP contribution in [0.15, 0.2) is 16.5 Å². The summed E-state index contributed by atoms with van der Waals surface area (Å²) >= 11 is 0. The first-order chi connectivity index (χ1) is 9.58. The molecule has 0 saturated carbocycles. The number of esters is 1. The Kier molecular flexibility index (Phi) is 4.34. The van der Waals surface area contributed by atoms with E-state index in [4.69, 9.17) is 4.74 Å². The number of nitrogens with zero attached hydrogens (tertiary/aromatic N) is 2. The maximum absolute atomic E-state index is 11.8. The Morgan fingerprint density at radius 3 is 2.60 bits per heavy atom. The molecule has 20 heavy (non-hydrogen) atoms. The fourth-order valence-corrected chi connectivity index (χ4v) is 1.97. The molecule has 1 aliphatic rings. The fourth-order valence-electron chi connectivity index (χ4n) is 1.97. The first-order valence-electron chi connectivity index (χ1n) is 6.27. The molecule has 1 saturated heterocycles. The van der Waals surface area contributed by atoms with Crippen molar-refractivity contribution in [1.29, 1.82) is 0 Å². The Morgan fingerprint density at radius 2 is 2.00 bits per heavy atom. The standard InChI is InChI=1S/C12H14N2O6/c15-10(13-6-2-1-3-7-13)8-19-12(16)9-4-5-11(20-9)14(17)18/h4-5H,1-3,6-8H2. The molecule has 1 aliphatic heterocycles. The average Bonchev–Trinajstić information content (AvgIpc) is 2.95. The Bertz CT molecular complexity index is 518. The lowest BCUT2D eigenvalue weighted by Crippen LogP contribution is -2.38. The Labute approximate surface area is 114 Å². The molecule has 0 bridgehead atoms. The van der Waals surface area contributed by atoms with E-state index >= 15 is 0 Å². The van der Waals surface area contributed by atoms with E-state index in [1.54, 1.807) is 4.90 Å². The van der Waals surface area contributed by atoms with Crippen LogP contribution in [0.5, 0.6) is 0 Å². The van der Waals surface area contributed by atoms with Gasteiger partial charge in [-0.1, -0.05) is 0 Å². The third-order valence-electron chi connectivity index (χ3n) is 3.01. The predicted octanol–water partition coefficient (Wildman–Crippen LogP) is 1.36. The van der Waals surface area contributed by atoms with Crippen molar-refractivity contribution in [2.75, 3.05) is 19.7 Å². The summed E-state index contributed by atoms with van der Waals surface area (Å²) in [6.07, 6.45) is 2.99. The maximum atomic E-state index is 11.8. The second-order valence-electron chi connectivity index (χ2n) is 4.41. The number of hydrogen-bond acceptors (Lipinski definition) is 6. The highest BCUT2D eigenvalue weighted by Crippen LogP contribution is 2.16. The summed E-state index contributed by atoms with van der Waals surface area (Å²) < 4.78 is 9.48. The van der Waals surface area contributed by atoms with Crippen molar-refractivity contribution in [3.63, 3.8) is 0 Å². The highest BCUT2D eigenvalue weighted by molar-refractivity contribution is 5.89. The van der Waals surface area contributed by atoms with Crippen LogP contribution in [0.1, 0.15) is 29.8 Å². The van der Waals surface area contributed by atoms with Crippen LogP contribution in [-0.2, 0) is 9.53 Å². The predicted molar refractivity (Wildman–Crippen MR) is 66.1 cm³/mol. The van der Waals surface area contributed by atoms with Crippen LogP contribution in [0.25, 0.3) is 0 Å². The van der Waals surface area contributed by atoms with Crippen molar-refractivity contribution in [3.05, 3.63) is 28.0 Å². The largest absolute Gasteiger partial charge is 0.450 e. The lowest BCUT2D eigenvalue weighted by Gasteiger charge is -2.26. The van der Waals surface area contributed by atoms with Crippen molar-refractivity contribution in [2.24, 2.45) is 0 Å². The molecule has 0 atom stereocenters. The molecule has 0 N–H and O–H groups in total. The summed E-state index contributed by atoms with van der Waals surface area (Å²) in [5.41, 5.74) is 0. The highest BCUT2D eigenvalue weighted by Gasteiger charge is 2.21. The molecular formula is C12H14N2O6. The quantitative estimate of drug-likeness (QED) is 0.469. The monoisotopic (exact) mass is 282 g/mol. The van der Waals surface area contributed by atoms with Crippen LogP contribution in [-0.4, -0.2) is 41.4 Å². The van der Waals surface area contributed by atoms with Crippen molar-refractivity contribution >= 4 is 17.8 Å². The fraction of sp³-hybridized carbons (Fsp3) is 0.500. The molecule has 1 aromatic rings. The Hall–Kier alpha value is -2.38. The van der Waals surface area contributed by atoms with Gasteiger partial charge in [-0.15, -0.1) is 0 Å². The van der Waals surface area contributed by atoms with E-state index in [0.29, 0.717) is 13.1 Å². The summed E-state index contributed by atoms with van der Waals surface area (Å²) in [6, 6.07) is 2.20. The van der Waals surface area contributed by atoms with Gasteiger partial charge in [0.1, 0.15) is 4.92 Å². The van der Waals surface area contributed by atoms with E-state index in [0.717, 1.165) is 31.4 Å². The van der Waals surface area contributed by atoms with E-state index < -0.39 is 16.8 Å². The zero-order valence-electron chi connectivity index (χ0n) is 10.7. The molecule has 0 spiro atoms. The lowest BCUT2D eigenvalue weighted by molar-refractivity contribution is -0.402. The van der Waals surface area contributed by atoms with Crippen LogP contribution < -0.4 is 0 Å². The number of carbonyl (C=O) groups is 2. The second kappa shape index (κ2) is 6.18. The van der Waals surface area contributed by atoms with E-state index in [1.165, 1.54) is 0 Å². The summed E-state index contributed by atoms with van der Waals surface area (Å²) in [5.74, 6) is -1.98. The van der Waals surface area contributed by atoms with Gasteiger partial charge in [0.05, 0.1) is 6.07 Å². The van der Waals surface area contributed by atoms with Gasteiger partial charge in [0, 0.05) is 13.1 Å². The van der Waals surface area contributed by atoms with Gasteiger partial charge in [0.15, 0.2) is 6.61 Å². The van der Waals surface area contributed by atoms with Gasteiger partial charge >= 0.3 is 11.9 Å². The van der Waals surface area contributed by atoms with Crippen LogP contribution in [0, 0.1) is 10.1 Å². The van der Waals surface area contributed by atoms with Gasteiger partial charge in [0.25, 0.3) is 5.91 Å². The lowest BCUT2D eigenvalue weighted by atomic mass is 10.1. The first kappa shape index (κ1) is 14.0. The first-order valence-corrected chi connectivity index (χ1v) is 6.27. The third kappa shape index (κ3) is 3.34. The molecule has 1 aromatic heterocycles. The van der Waals surface area contributed by atoms with Gasteiger partial charge < -0.3 is 14.1 Å². The van der Waals surface area contributed by atoms with Crippen molar-refractivity contribution in [2.45, 2.75) is 19.3 Å². The zero-order chi connectivity index (χ0) is 14.5. The Balaban J connectivity index is 1.84. The number of piperidine rings is 1. The smallest absolute Gasteiger partial charge is 0.433 e. The molecule has 8 nitrogen and oxygen atoms in total. The van der Waals surface area contributed by atoms with Gasteiger partial charge in [-0.3, -0.25) is 14.9 Å². The molecule has 8 heteroatoms. The van der Waals surface area contributed by atoms with Crippen LogP contribution in [0.3, 0.4) is 0 Å². The minimum absolute atomic E-state index is 0.265. The summed E-state index contributed by atoms with van der Waals surface area (Å²) in [6.45, 7) is 0.957. The topological polar surface area (TPSA) is 103 Å². The van der Waals surface area contributed by atoms with Crippen LogP contribution in [0.2, 0.25) is 0 Å². The van der Waals surface area contributed by atoms with Crippen molar-refractivity contribution in [1.82, 2.24) is 4.90 Å². The van der Waals surface area contributed by atoms with E-state index in [-0.39, 0.29) is 18.3 Å². The summed E-state index contributed by atoms with van der Waals surface area (Å²) in [5, 5.41) is 10.4. The molecule has 2 heterocycles. The number of carbonyl (C=O) groups excluding carboxylic acids is 2. The maximum Gasteiger partial charge on any atom is 0.433 e. The zero-order valence-corrected chi connectivity index (χ0v) is 10.7. The number of ether oxygens (including phenoxy) is 1. The second-order valence-corrected chi connectivity index (χ2v) is 4.41. The number of amides is 1. The molecule has 2 rings (SSSR count). The van der Waals surface area contributed by atoms with Gasteiger partial charge in [-0.2, -0.15) is 0 Å². The van der Waals surface area contributed by atoms with E-state index in [1.807, 2.05) is 0 Å². The van der Waals surface area contributed by atoms with Gasteiger partial charge in [-0.05, 0) is 25.3 Å². The number of hydrogen-bond donors (Lipinski definition) is 0. The van der Waals surface area contributed by atoms with E-state index in [9.17, 15) is 19.7 Å². The number of rotatable bonds is 4. The van der Waals surface area contributed by atoms with Gasteiger partial charge in [0.2, 0.25) is 5.76 Å². The van der Waals surface area contributed by atoms with Crippen LogP contribution in [0.4, 0.5) is 5.88 Å². The SMILES string of the molecule is O=C(OCC(=O)N1CCCCC1)c1ccc([N+](=O)[O-])o1. The molecule has 0 radical (unpaired) electrons. The van der Waals surface area contributed by atoms with Gasteiger partial charge in [-0.25, -0.2) is 4.79 Å². The summed E-state index contributed by atoms with van der Waals surface area (Å²) in [7, 11) is 0.